The number of sulfonamides is 1. The van der Waals surface area contributed by atoms with Crippen LogP contribution in [0.15, 0.2) is 23.1 Å². The number of rotatable bonds is 5. The predicted molar refractivity (Wildman–Crippen MR) is 116 cm³/mol. The van der Waals surface area contributed by atoms with Crippen LogP contribution in [0.3, 0.4) is 0 Å². The van der Waals surface area contributed by atoms with Crippen LogP contribution in [0.2, 0.25) is 10.0 Å². The maximum atomic E-state index is 13.1. The first-order valence-corrected chi connectivity index (χ1v) is 12.3. The van der Waals surface area contributed by atoms with Crippen molar-refractivity contribution in [3.63, 3.8) is 0 Å². The summed E-state index contributed by atoms with van der Waals surface area (Å²) in [5.74, 6) is 0.293. The van der Waals surface area contributed by atoms with E-state index < -0.39 is 15.7 Å². The van der Waals surface area contributed by atoms with E-state index in [0.29, 0.717) is 31.0 Å². The molecule has 1 aromatic rings. The van der Waals surface area contributed by atoms with Gasteiger partial charge in [-0.25, -0.2) is 8.42 Å². The average Bonchev–Trinajstić information content (AvgIpc) is 2.95. The van der Waals surface area contributed by atoms with Gasteiger partial charge in [0, 0.05) is 19.1 Å². The molecule has 6 nitrogen and oxygen atoms in total. The number of piperidine rings is 1. The molecule has 0 saturated carbocycles. The fourth-order valence-corrected chi connectivity index (χ4v) is 6.15. The summed E-state index contributed by atoms with van der Waals surface area (Å²) in [6.07, 6.45) is 1.95. The van der Waals surface area contributed by atoms with Gasteiger partial charge in [-0.1, -0.05) is 44.0 Å². The van der Waals surface area contributed by atoms with Gasteiger partial charge in [0.15, 0.2) is 0 Å². The van der Waals surface area contributed by atoms with Gasteiger partial charge in [0.05, 0.1) is 26.6 Å². The quantitative estimate of drug-likeness (QED) is 0.724. The van der Waals surface area contributed by atoms with E-state index in [1.54, 1.807) is 0 Å². The summed E-state index contributed by atoms with van der Waals surface area (Å²) in [7, 11) is -3.68. The van der Waals surface area contributed by atoms with E-state index >= 15 is 0 Å². The Morgan fingerprint density at radius 3 is 2.31 bits per heavy atom. The smallest absolute Gasteiger partial charge is 0.243 e. The zero-order valence-corrected chi connectivity index (χ0v) is 19.6. The summed E-state index contributed by atoms with van der Waals surface area (Å²) >= 11 is 11.9. The lowest BCUT2D eigenvalue weighted by Crippen LogP contribution is -2.61. The summed E-state index contributed by atoms with van der Waals surface area (Å²) in [6, 6.07) is 4.23. The molecule has 0 aromatic heterocycles. The highest BCUT2D eigenvalue weighted by atomic mass is 35.5. The molecule has 2 heterocycles. The molecular weight excluding hydrogens is 433 g/mol. The number of benzene rings is 1. The molecule has 2 saturated heterocycles. The summed E-state index contributed by atoms with van der Waals surface area (Å²) in [6.45, 7) is 8.86. The highest BCUT2D eigenvalue weighted by Gasteiger charge is 2.54. The second-order valence-corrected chi connectivity index (χ2v) is 11.1. The molecule has 1 spiro atoms. The molecule has 1 aromatic carbocycles. The van der Waals surface area contributed by atoms with Crippen LogP contribution in [0.25, 0.3) is 0 Å². The number of nitrogens with zero attached hydrogens (tertiary/aromatic N) is 2. The SMILES string of the molecule is CC[C@@H](C)N1C(=O)[C@@H](C(C)C)NC12CCN(S(=O)(=O)c1ccc(Cl)c(Cl)c1)CC2. The van der Waals surface area contributed by atoms with Crippen molar-refractivity contribution < 1.29 is 13.2 Å². The van der Waals surface area contributed by atoms with E-state index in [0.717, 1.165) is 6.42 Å². The average molecular weight is 462 g/mol. The molecule has 162 valence electrons. The maximum absolute atomic E-state index is 13.1. The fourth-order valence-electron chi connectivity index (χ4n) is 4.32. The largest absolute Gasteiger partial charge is 0.320 e. The predicted octanol–water partition coefficient (Wildman–Crippen LogP) is 3.73. The molecule has 0 bridgehead atoms. The van der Waals surface area contributed by atoms with Gasteiger partial charge in [-0.3, -0.25) is 10.1 Å². The first-order chi connectivity index (χ1) is 13.5. The van der Waals surface area contributed by atoms with Crippen LogP contribution < -0.4 is 5.32 Å². The van der Waals surface area contributed by atoms with E-state index in [-0.39, 0.29) is 33.8 Å². The van der Waals surface area contributed by atoms with Gasteiger partial charge in [0.25, 0.3) is 0 Å². The zero-order chi connectivity index (χ0) is 21.6. The van der Waals surface area contributed by atoms with Crippen molar-refractivity contribution in [3.05, 3.63) is 28.2 Å². The van der Waals surface area contributed by atoms with E-state index in [4.69, 9.17) is 23.2 Å². The number of halogens is 2. The van der Waals surface area contributed by atoms with Crippen molar-refractivity contribution >= 4 is 39.1 Å². The zero-order valence-electron chi connectivity index (χ0n) is 17.3. The maximum Gasteiger partial charge on any atom is 0.243 e. The summed E-state index contributed by atoms with van der Waals surface area (Å²) in [4.78, 5) is 15.2. The minimum Gasteiger partial charge on any atom is -0.320 e. The normalized spacial score (nSPS) is 23.9. The van der Waals surface area contributed by atoms with Crippen LogP contribution in [-0.2, 0) is 14.8 Å². The van der Waals surface area contributed by atoms with Crippen molar-refractivity contribution in [2.45, 2.75) is 69.6 Å². The van der Waals surface area contributed by atoms with Crippen LogP contribution in [0.5, 0.6) is 0 Å². The molecule has 2 aliphatic heterocycles. The molecule has 1 N–H and O–H groups in total. The van der Waals surface area contributed by atoms with Crippen molar-refractivity contribution in [1.82, 2.24) is 14.5 Å². The second kappa shape index (κ2) is 8.35. The summed E-state index contributed by atoms with van der Waals surface area (Å²) in [5, 5.41) is 4.10. The number of carbonyl (C=O) groups is 1. The lowest BCUT2D eigenvalue weighted by Gasteiger charge is -2.46. The van der Waals surface area contributed by atoms with Crippen LogP contribution >= 0.6 is 23.2 Å². The Morgan fingerprint density at radius 1 is 1.17 bits per heavy atom. The second-order valence-electron chi connectivity index (χ2n) is 8.34. The van der Waals surface area contributed by atoms with Gasteiger partial charge in [-0.15, -0.1) is 0 Å². The highest BCUT2D eigenvalue weighted by Crippen LogP contribution is 2.38. The molecule has 0 radical (unpaired) electrons. The van der Waals surface area contributed by atoms with Gasteiger partial charge < -0.3 is 4.90 Å². The Bertz CT molecular complexity index is 883. The van der Waals surface area contributed by atoms with E-state index in [1.165, 1.54) is 22.5 Å². The Morgan fingerprint density at radius 2 is 1.79 bits per heavy atom. The molecular formula is C20H29Cl2N3O3S. The molecule has 2 fully saturated rings. The van der Waals surface area contributed by atoms with Crippen LogP contribution in [-0.4, -0.2) is 54.4 Å². The number of hydrogen-bond acceptors (Lipinski definition) is 4. The minimum atomic E-state index is -3.68. The monoisotopic (exact) mass is 461 g/mol. The number of hydrogen-bond donors (Lipinski definition) is 1. The Hall–Kier alpha value is -0.860. The molecule has 0 unspecified atom stereocenters. The molecule has 9 heteroatoms. The Balaban J connectivity index is 1.84. The van der Waals surface area contributed by atoms with Gasteiger partial charge in [0.1, 0.15) is 0 Å². The fraction of sp³-hybridized carbons (Fsp3) is 0.650. The van der Waals surface area contributed by atoms with Crippen molar-refractivity contribution in [2.75, 3.05) is 13.1 Å². The van der Waals surface area contributed by atoms with Crippen LogP contribution in [0.4, 0.5) is 0 Å². The standard InChI is InChI=1S/C20H29Cl2N3O3S/c1-5-14(4)25-19(26)18(13(2)3)23-20(25)8-10-24(11-9-20)29(27,28)15-6-7-16(21)17(22)12-15/h6-7,12-14,18,23H,5,8-11H2,1-4H3/t14-,18-/m1/s1. The molecule has 3 rings (SSSR count). The number of carbonyl (C=O) groups excluding carboxylic acids is 1. The summed E-state index contributed by atoms with van der Waals surface area (Å²) in [5.41, 5.74) is -0.495. The third kappa shape index (κ3) is 4.04. The highest BCUT2D eigenvalue weighted by molar-refractivity contribution is 7.89. The molecule has 1 amide bonds. The van der Waals surface area contributed by atoms with E-state index in [2.05, 4.69) is 19.2 Å². The van der Waals surface area contributed by atoms with Crippen molar-refractivity contribution in [2.24, 2.45) is 5.92 Å². The number of nitrogens with one attached hydrogen (secondary N) is 1. The van der Waals surface area contributed by atoms with Crippen LogP contribution in [0.1, 0.15) is 47.0 Å². The topological polar surface area (TPSA) is 69.7 Å². The molecule has 29 heavy (non-hydrogen) atoms. The lowest BCUT2D eigenvalue weighted by molar-refractivity contribution is -0.136. The van der Waals surface area contributed by atoms with Gasteiger partial charge >= 0.3 is 0 Å². The lowest BCUT2D eigenvalue weighted by atomic mass is 9.95. The first-order valence-electron chi connectivity index (χ1n) is 10.1. The third-order valence-corrected chi connectivity index (χ3v) is 8.80. The molecule has 2 aliphatic rings. The van der Waals surface area contributed by atoms with Gasteiger partial charge in [0.2, 0.25) is 15.9 Å². The first kappa shape index (κ1) is 22.8. The van der Waals surface area contributed by atoms with E-state index in [1.807, 2.05) is 18.7 Å². The third-order valence-electron chi connectivity index (χ3n) is 6.17. The van der Waals surface area contributed by atoms with Gasteiger partial charge in [-0.05, 0) is 50.3 Å². The molecule has 2 atom stereocenters. The Kier molecular flexibility index (Phi) is 6.57. The Labute approximate surface area is 183 Å². The van der Waals surface area contributed by atoms with Crippen molar-refractivity contribution in [1.29, 1.82) is 0 Å². The minimum absolute atomic E-state index is 0.0944. The summed E-state index contributed by atoms with van der Waals surface area (Å²) < 4.78 is 27.6. The molecule has 0 aliphatic carbocycles. The van der Waals surface area contributed by atoms with Gasteiger partial charge in [-0.2, -0.15) is 4.31 Å². The van der Waals surface area contributed by atoms with E-state index in [9.17, 15) is 13.2 Å². The van der Waals surface area contributed by atoms with Crippen LogP contribution in [0, 0.1) is 5.92 Å². The van der Waals surface area contributed by atoms with Crippen molar-refractivity contribution in [3.8, 4) is 0 Å². The number of amides is 1.